The van der Waals surface area contributed by atoms with Crippen LogP contribution in [0.3, 0.4) is 0 Å². The molecule has 0 saturated carbocycles. The summed E-state index contributed by atoms with van der Waals surface area (Å²) in [6.45, 7) is 0. The van der Waals surface area contributed by atoms with Gasteiger partial charge in [0.15, 0.2) is 0 Å². The van der Waals surface area contributed by atoms with Crippen LogP contribution >= 0.6 is 0 Å². The van der Waals surface area contributed by atoms with Crippen molar-refractivity contribution in [3.63, 3.8) is 0 Å². The van der Waals surface area contributed by atoms with Gasteiger partial charge in [-0.3, -0.25) is 4.98 Å². The van der Waals surface area contributed by atoms with Gasteiger partial charge in [0.25, 0.3) is 0 Å². The van der Waals surface area contributed by atoms with E-state index in [1.54, 1.807) is 0 Å². The lowest BCUT2D eigenvalue weighted by molar-refractivity contribution is 0.948. The number of benzene rings is 1. The maximum Gasteiger partial charge on any atom is 0.0955 e. The third-order valence-electron chi connectivity index (χ3n) is 2.45. The van der Waals surface area contributed by atoms with Gasteiger partial charge in [-0.15, -0.1) is 0 Å². The van der Waals surface area contributed by atoms with Crippen molar-refractivity contribution >= 4 is 21.9 Å². The Kier molecular flexibility index (Phi) is 1.36. The highest BCUT2D eigenvalue weighted by atomic mass is 15.0. The van der Waals surface area contributed by atoms with Gasteiger partial charge in [0.05, 0.1) is 22.9 Å². The number of fused-ring (bicyclic) bond motifs is 2. The van der Waals surface area contributed by atoms with E-state index in [-0.39, 0.29) is 0 Å². The van der Waals surface area contributed by atoms with E-state index in [4.69, 9.17) is 0 Å². The molecule has 0 aliphatic heterocycles. The highest BCUT2D eigenvalue weighted by Crippen LogP contribution is 2.19. The van der Waals surface area contributed by atoms with Crippen LogP contribution in [0.15, 0.2) is 36.8 Å². The first-order chi connectivity index (χ1) is 6.84. The highest BCUT2D eigenvalue weighted by molar-refractivity contribution is 5.92. The van der Waals surface area contributed by atoms with Crippen LogP contribution in [0.25, 0.3) is 21.9 Å². The number of pyridine rings is 1. The molecule has 14 heavy (non-hydrogen) atoms. The molecular formula is C11H9N3. The van der Waals surface area contributed by atoms with Crippen molar-refractivity contribution in [3.8, 4) is 0 Å². The minimum absolute atomic E-state index is 1.02. The summed E-state index contributed by atoms with van der Waals surface area (Å²) < 4.78 is 2.00. The number of aromatic nitrogens is 3. The Hall–Kier alpha value is -1.90. The molecule has 3 nitrogen and oxygen atoms in total. The van der Waals surface area contributed by atoms with Crippen molar-refractivity contribution in [1.82, 2.24) is 14.5 Å². The second-order valence-electron chi connectivity index (χ2n) is 3.39. The zero-order valence-corrected chi connectivity index (χ0v) is 7.81. The average molecular weight is 183 g/mol. The van der Waals surface area contributed by atoms with Crippen LogP contribution in [0.5, 0.6) is 0 Å². The molecule has 0 amide bonds. The minimum atomic E-state index is 1.02. The van der Waals surface area contributed by atoms with E-state index in [0.717, 1.165) is 21.9 Å². The van der Waals surface area contributed by atoms with E-state index in [1.807, 2.05) is 30.2 Å². The van der Waals surface area contributed by atoms with Crippen molar-refractivity contribution in [1.29, 1.82) is 0 Å². The SMILES string of the molecule is Cn1cnc2cc3cccnc3cc21. The lowest BCUT2D eigenvalue weighted by atomic mass is 10.2. The Balaban J connectivity index is 2.54. The fourth-order valence-corrected chi connectivity index (χ4v) is 1.69. The van der Waals surface area contributed by atoms with Gasteiger partial charge in [-0.05, 0) is 18.2 Å². The molecule has 0 aliphatic carbocycles. The van der Waals surface area contributed by atoms with Gasteiger partial charge < -0.3 is 4.57 Å². The summed E-state index contributed by atoms with van der Waals surface area (Å²) in [5.74, 6) is 0. The standard InChI is InChI=1S/C11H9N3/c1-14-7-13-10-5-8-3-2-4-12-9(8)6-11(10)14/h2-7H,1H3. The minimum Gasteiger partial charge on any atom is -0.334 e. The molecule has 0 aliphatic rings. The Morgan fingerprint density at radius 1 is 1.14 bits per heavy atom. The van der Waals surface area contributed by atoms with E-state index in [1.165, 1.54) is 0 Å². The molecule has 3 aromatic rings. The molecule has 0 atom stereocenters. The number of hydrogen-bond acceptors (Lipinski definition) is 2. The zero-order valence-electron chi connectivity index (χ0n) is 7.81. The molecule has 3 rings (SSSR count). The van der Waals surface area contributed by atoms with Gasteiger partial charge in [-0.1, -0.05) is 6.07 Å². The smallest absolute Gasteiger partial charge is 0.0955 e. The van der Waals surface area contributed by atoms with Crippen LogP contribution in [0.4, 0.5) is 0 Å². The predicted molar refractivity (Wildman–Crippen MR) is 56.0 cm³/mol. The van der Waals surface area contributed by atoms with Gasteiger partial charge in [-0.25, -0.2) is 4.98 Å². The molecule has 3 heteroatoms. The van der Waals surface area contributed by atoms with E-state index < -0.39 is 0 Å². The number of hydrogen-bond donors (Lipinski definition) is 0. The van der Waals surface area contributed by atoms with E-state index in [2.05, 4.69) is 28.2 Å². The molecular weight excluding hydrogens is 174 g/mol. The zero-order chi connectivity index (χ0) is 9.54. The molecule has 68 valence electrons. The van der Waals surface area contributed by atoms with Crippen molar-refractivity contribution in [3.05, 3.63) is 36.8 Å². The summed E-state index contributed by atoms with van der Waals surface area (Å²) in [4.78, 5) is 8.61. The van der Waals surface area contributed by atoms with Crippen LogP contribution in [-0.2, 0) is 7.05 Å². The quantitative estimate of drug-likeness (QED) is 0.534. The predicted octanol–water partition coefficient (Wildman–Crippen LogP) is 2.12. The van der Waals surface area contributed by atoms with E-state index in [0.29, 0.717) is 0 Å². The second kappa shape index (κ2) is 2.54. The lowest BCUT2D eigenvalue weighted by Gasteiger charge is -1.97. The van der Waals surface area contributed by atoms with Crippen molar-refractivity contribution in [2.45, 2.75) is 0 Å². The molecule has 0 spiro atoms. The van der Waals surface area contributed by atoms with Crippen LogP contribution in [0, 0.1) is 0 Å². The first-order valence-corrected chi connectivity index (χ1v) is 4.50. The maximum absolute atomic E-state index is 4.31. The Bertz CT molecular complexity index is 610. The van der Waals surface area contributed by atoms with E-state index in [9.17, 15) is 0 Å². The van der Waals surface area contributed by atoms with Crippen LogP contribution in [0.1, 0.15) is 0 Å². The molecule has 0 saturated heterocycles. The summed E-state index contributed by atoms with van der Waals surface area (Å²) >= 11 is 0. The number of imidazole rings is 1. The fourth-order valence-electron chi connectivity index (χ4n) is 1.69. The molecule has 0 unspecified atom stereocenters. The molecule has 1 aromatic carbocycles. The fraction of sp³-hybridized carbons (Fsp3) is 0.0909. The molecule has 2 heterocycles. The summed E-state index contributed by atoms with van der Waals surface area (Å²) in [6.07, 6.45) is 3.63. The molecule has 2 aromatic heterocycles. The lowest BCUT2D eigenvalue weighted by Crippen LogP contribution is -1.84. The topological polar surface area (TPSA) is 30.7 Å². The monoisotopic (exact) mass is 183 g/mol. The van der Waals surface area contributed by atoms with E-state index >= 15 is 0 Å². The number of nitrogens with zero attached hydrogens (tertiary/aromatic N) is 3. The third-order valence-corrected chi connectivity index (χ3v) is 2.45. The first-order valence-electron chi connectivity index (χ1n) is 4.50. The summed E-state index contributed by atoms with van der Waals surface area (Å²) in [7, 11) is 1.99. The van der Waals surface area contributed by atoms with Gasteiger partial charge in [0.2, 0.25) is 0 Å². The number of rotatable bonds is 0. The molecule has 0 fully saturated rings. The number of aryl methyl sites for hydroxylation is 1. The average Bonchev–Trinajstić information content (AvgIpc) is 2.57. The maximum atomic E-state index is 4.31. The third kappa shape index (κ3) is 0.923. The largest absolute Gasteiger partial charge is 0.334 e. The highest BCUT2D eigenvalue weighted by Gasteiger charge is 2.01. The first kappa shape index (κ1) is 7.50. The van der Waals surface area contributed by atoms with Gasteiger partial charge in [-0.2, -0.15) is 0 Å². The Labute approximate surface area is 81.0 Å². The van der Waals surface area contributed by atoms with Gasteiger partial charge in [0.1, 0.15) is 0 Å². The normalized spacial score (nSPS) is 11.2. The van der Waals surface area contributed by atoms with Crippen molar-refractivity contribution < 1.29 is 0 Å². The Morgan fingerprint density at radius 3 is 3.00 bits per heavy atom. The van der Waals surface area contributed by atoms with Crippen LogP contribution < -0.4 is 0 Å². The van der Waals surface area contributed by atoms with Crippen molar-refractivity contribution in [2.75, 3.05) is 0 Å². The summed E-state index contributed by atoms with van der Waals surface area (Å²) in [6, 6.07) is 8.13. The molecule has 0 bridgehead atoms. The Morgan fingerprint density at radius 2 is 2.07 bits per heavy atom. The summed E-state index contributed by atoms with van der Waals surface area (Å²) in [5.41, 5.74) is 3.16. The second-order valence-corrected chi connectivity index (χ2v) is 3.39. The molecule has 0 radical (unpaired) electrons. The van der Waals surface area contributed by atoms with Crippen LogP contribution in [0.2, 0.25) is 0 Å². The van der Waals surface area contributed by atoms with Crippen molar-refractivity contribution in [2.24, 2.45) is 7.05 Å². The molecule has 0 N–H and O–H groups in total. The summed E-state index contributed by atoms with van der Waals surface area (Å²) in [5, 5.41) is 1.14. The van der Waals surface area contributed by atoms with Gasteiger partial charge in [0, 0.05) is 18.6 Å². The van der Waals surface area contributed by atoms with Crippen LogP contribution in [-0.4, -0.2) is 14.5 Å². The van der Waals surface area contributed by atoms with Gasteiger partial charge >= 0.3 is 0 Å².